The van der Waals surface area contributed by atoms with E-state index in [0.29, 0.717) is 44.3 Å². The number of hydrogen-bond acceptors (Lipinski definition) is 2. The highest BCUT2D eigenvalue weighted by atomic mass is 35.5. The van der Waals surface area contributed by atoms with Crippen molar-refractivity contribution in [2.24, 2.45) is 0 Å². The highest BCUT2D eigenvalue weighted by molar-refractivity contribution is 6.42. The van der Waals surface area contributed by atoms with E-state index in [2.05, 4.69) is 11.8 Å². The Bertz CT molecular complexity index is 876. The molecule has 1 fully saturated rings. The molecular weight excluding hydrogens is 424 g/mol. The molecule has 0 aliphatic carbocycles. The summed E-state index contributed by atoms with van der Waals surface area (Å²) in [6.45, 7) is 4.09. The Kier molecular flexibility index (Phi) is 6.67. The van der Waals surface area contributed by atoms with Crippen molar-refractivity contribution in [1.82, 2.24) is 4.90 Å². The van der Waals surface area contributed by atoms with Gasteiger partial charge in [-0.1, -0.05) is 65.5 Å². The number of rotatable bonds is 3. The quantitative estimate of drug-likeness (QED) is 0.496. The predicted molar refractivity (Wildman–Crippen MR) is 116 cm³/mol. The van der Waals surface area contributed by atoms with Crippen LogP contribution in [0.3, 0.4) is 0 Å². The minimum Gasteiger partial charge on any atom is -0.295 e. The third kappa shape index (κ3) is 4.96. The number of likely N-dealkylation sites (tertiary alicyclic amines) is 1. The molecule has 2 aromatic rings. The Morgan fingerprint density at radius 3 is 1.63 bits per heavy atom. The largest absolute Gasteiger partial charge is 0.295 e. The third-order valence-electron chi connectivity index (χ3n) is 4.39. The molecule has 0 aromatic heterocycles. The molecule has 1 heterocycles. The smallest absolute Gasteiger partial charge is 0.187 e. The molecule has 140 valence electrons. The first kappa shape index (κ1) is 20.4. The number of Topliss-reactive ketones (excluding diaryl/α,β-unsaturated/α-hetero) is 1. The topological polar surface area (TPSA) is 20.3 Å². The summed E-state index contributed by atoms with van der Waals surface area (Å²) in [5, 5.41) is 1.91. The standard InChI is InChI=1S/C21H17Cl4NO/c1-2-26-11-15(7-13-3-5-17(22)19(24)9-13)21(27)16(12-26)8-14-4-6-18(23)20(25)10-14/h3-10H,2,11-12H2,1H3/b15-7-,16-8+. The first-order chi connectivity index (χ1) is 12.9. The Balaban J connectivity index is 1.97. The van der Waals surface area contributed by atoms with Crippen molar-refractivity contribution in [1.29, 1.82) is 0 Å². The zero-order chi connectivity index (χ0) is 19.6. The van der Waals surface area contributed by atoms with Crippen LogP contribution in [0.25, 0.3) is 12.2 Å². The van der Waals surface area contributed by atoms with E-state index in [-0.39, 0.29) is 5.78 Å². The summed E-state index contributed by atoms with van der Waals surface area (Å²) in [6.07, 6.45) is 3.74. The van der Waals surface area contributed by atoms with Crippen molar-refractivity contribution >= 4 is 64.3 Å². The molecule has 2 aromatic carbocycles. The maximum atomic E-state index is 13.0. The molecule has 0 saturated carbocycles. The molecule has 0 unspecified atom stereocenters. The zero-order valence-electron chi connectivity index (χ0n) is 14.6. The Morgan fingerprint density at radius 1 is 0.815 bits per heavy atom. The fraction of sp³-hybridized carbons (Fsp3) is 0.190. The third-order valence-corrected chi connectivity index (χ3v) is 5.87. The van der Waals surface area contributed by atoms with Crippen molar-refractivity contribution in [3.8, 4) is 0 Å². The molecule has 6 heteroatoms. The molecule has 1 aliphatic rings. The first-order valence-electron chi connectivity index (χ1n) is 8.45. The first-order valence-corrected chi connectivity index (χ1v) is 9.97. The summed E-state index contributed by atoms with van der Waals surface area (Å²) in [5.74, 6) is 0.0249. The van der Waals surface area contributed by atoms with Gasteiger partial charge in [-0.3, -0.25) is 9.69 Å². The minimum absolute atomic E-state index is 0.0249. The lowest BCUT2D eigenvalue weighted by atomic mass is 9.94. The summed E-state index contributed by atoms with van der Waals surface area (Å²) in [5.41, 5.74) is 3.12. The van der Waals surface area contributed by atoms with Gasteiger partial charge in [-0.05, 0) is 54.1 Å². The molecule has 1 aliphatic heterocycles. The fourth-order valence-corrected chi connectivity index (χ4v) is 3.55. The highest BCUT2D eigenvalue weighted by Crippen LogP contribution is 2.28. The molecule has 1 saturated heterocycles. The lowest BCUT2D eigenvalue weighted by Crippen LogP contribution is -2.37. The molecule has 0 amide bonds. The van der Waals surface area contributed by atoms with Gasteiger partial charge in [0.2, 0.25) is 0 Å². The second-order valence-electron chi connectivity index (χ2n) is 6.32. The lowest BCUT2D eigenvalue weighted by Gasteiger charge is -2.28. The van der Waals surface area contributed by atoms with Gasteiger partial charge in [0, 0.05) is 24.2 Å². The Morgan fingerprint density at radius 2 is 1.26 bits per heavy atom. The van der Waals surface area contributed by atoms with Gasteiger partial charge in [0.25, 0.3) is 0 Å². The number of halogens is 4. The van der Waals surface area contributed by atoms with Crippen LogP contribution in [-0.4, -0.2) is 30.3 Å². The van der Waals surface area contributed by atoms with Crippen LogP contribution in [0.15, 0.2) is 47.5 Å². The van der Waals surface area contributed by atoms with E-state index < -0.39 is 0 Å². The normalized spacial score (nSPS) is 18.5. The van der Waals surface area contributed by atoms with Crippen molar-refractivity contribution in [2.75, 3.05) is 19.6 Å². The fourth-order valence-electron chi connectivity index (χ4n) is 2.94. The van der Waals surface area contributed by atoms with Crippen LogP contribution in [0.4, 0.5) is 0 Å². The van der Waals surface area contributed by atoms with Gasteiger partial charge in [-0.2, -0.15) is 0 Å². The van der Waals surface area contributed by atoms with E-state index in [0.717, 1.165) is 17.7 Å². The molecule has 0 N–H and O–H groups in total. The number of ketones is 1. The van der Waals surface area contributed by atoms with Crippen LogP contribution in [0.1, 0.15) is 18.1 Å². The summed E-state index contributed by atoms with van der Waals surface area (Å²) in [6, 6.07) is 10.7. The summed E-state index contributed by atoms with van der Waals surface area (Å²) in [7, 11) is 0. The van der Waals surface area contributed by atoms with Gasteiger partial charge >= 0.3 is 0 Å². The number of hydrogen-bond donors (Lipinski definition) is 0. The molecule has 0 bridgehead atoms. The van der Waals surface area contributed by atoms with Crippen molar-refractivity contribution in [3.63, 3.8) is 0 Å². The van der Waals surface area contributed by atoms with Crippen molar-refractivity contribution in [2.45, 2.75) is 6.92 Å². The number of benzene rings is 2. The van der Waals surface area contributed by atoms with Gasteiger partial charge in [0.05, 0.1) is 20.1 Å². The van der Waals surface area contributed by atoms with Crippen LogP contribution in [0.2, 0.25) is 20.1 Å². The summed E-state index contributed by atoms with van der Waals surface area (Å²) < 4.78 is 0. The number of likely N-dealkylation sites (N-methyl/N-ethyl adjacent to an activating group) is 1. The van der Waals surface area contributed by atoms with Crippen molar-refractivity contribution < 1.29 is 4.79 Å². The Hall–Kier alpha value is -1.29. The lowest BCUT2D eigenvalue weighted by molar-refractivity contribution is -0.113. The Labute approximate surface area is 179 Å². The summed E-state index contributed by atoms with van der Waals surface area (Å²) >= 11 is 24.1. The molecule has 0 atom stereocenters. The predicted octanol–water partition coefficient (Wildman–Crippen LogP) is 6.67. The molecular formula is C21H17Cl4NO. The molecule has 0 radical (unpaired) electrons. The summed E-state index contributed by atoms with van der Waals surface area (Å²) in [4.78, 5) is 15.2. The van der Waals surface area contributed by atoms with Crippen LogP contribution < -0.4 is 0 Å². The number of piperidine rings is 1. The number of carbonyl (C=O) groups excluding carboxylic acids is 1. The molecule has 2 nitrogen and oxygen atoms in total. The second-order valence-corrected chi connectivity index (χ2v) is 7.95. The van der Waals surface area contributed by atoms with Gasteiger partial charge < -0.3 is 0 Å². The monoisotopic (exact) mass is 439 g/mol. The van der Waals surface area contributed by atoms with Crippen LogP contribution >= 0.6 is 46.4 Å². The van der Waals surface area contributed by atoms with Gasteiger partial charge in [0.1, 0.15) is 0 Å². The van der Waals surface area contributed by atoms with Crippen LogP contribution in [0.5, 0.6) is 0 Å². The van der Waals surface area contributed by atoms with Crippen LogP contribution in [0, 0.1) is 0 Å². The molecule has 27 heavy (non-hydrogen) atoms. The zero-order valence-corrected chi connectivity index (χ0v) is 17.6. The van der Waals surface area contributed by atoms with E-state index in [1.165, 1.54) is 0 Å². The van der Waals surface area contributed by atoms with E-state index in [1.807, 2.05) is 24.3 Å². The van der Waals surface area contributed by atoms with E-state index in [1.54, 1.807) is 24.3 Å². The maximum absolute atomic E-state index is 13.0. The number of carbonyl (C=O) groups is 1. The van der Waals surface area contributed by atoms with E-state index in [9.17, 15) is 4.79 Å². The second kappa shape index (κ2) is 8.81. The highest BCUT2D eigenvalue weighted by Gasteiger charge is 2.25. The number of nitrogens with zero attached hydrogens (tertiary/aromatic N) is 1. The maximum Gasteiger partial charge on any atom is 0.187 e. The van der Waals surface area contributed by atoms with E-state index >= 15 is 0 Å². The van der Waals surface area contributed by atoms with Gasteiger partial charge in [-0.15, -0.1) is 0 Å². The van der Waals surface area contributed by atoms with Crippen molar-refractivity contribution in [3.05, 3.63) is 78.8 Å². The average molecular weight is 441 g/mol. The average Bonchev–Trinajstić information content (AvgIpc) is 2.64. The van der Waals surface area contributed by atoms with E-state index in [4.69, 9.17) is 46.4 Å². The van der Waals surface area contributed by atoms with Gasteiger partial charge in [-0.25, -0.2) is 0 Å². The molecule has 3 rings (SSSR count). The SMILES string of the molecule is CCN1C/C(=C/c2ccc(Cl)c(Cl)c2)C(=O)/C(=C/c2ccc(Cl)c(Cl)c2)C1. The minimum atomic E-state index is 0.0249. The van der Waals surface area contributed by atoms with Gasteiger partial charge in [0.15, 0.2) is 5.78 Å². The molecule has 0 spiro atoms. The van der Waals surface area contributed by atoms with Crippen LogP contribution in [-0.2, 0) is 4.79 Å².